The normalized spacial score (nSPS) is 14.7. The van der Waals surface area contributed by atoms with Crippen molar-refractivity contribution >= 4 is 27.2 Å². The van der Waals surface area contributed by atoms with Crippen LogP contribution in [0.15, 0.2) is 41.9 Å². The molecule has 0 fully saturated rings. The van der Waals surface area contributed by atoms with Gasteiger partial charge in [0, 0.05) is 18.2 Å². The van der Waals surface area contributed by atoms with Gasteiger partial charge in [-0.15, -0.1) is 11.3 Å². The maximum atomic E-state index is 5.56. The lowest BCUT2D eigenvalue weighted by Gasteiger charge is -2.16. The van der Waals surface area contributed by atoms with Crippen molar-refractivity contribution in [1.29, 1.82) is 0 Å². The van der Waals surface area contributed by atoms with E-state index in [2.05, 4.69) is 53.6 Å². The molecule has 1 aliphatic heterocycles. The second kappa shape index (κ2) is 5.04. The first-order valence-corrected chi connectivity index (χ1v) is 8.03. The molecule has 0 saturated carbocycles. The molecule has 0 radical (unpaired) electrons. The fourth-order valence-electron chi connectivity index (χ4n) is 2.75. The first kappa shape index (κ1) is 12.7. The molecule has 1 N–H and O–H groups in total. The second-order valence-electron chi connectivity index (χ2n) is 5.37. The summed E-state index contributed by atoms with van der Waals surface area (Å²) in [5.41, 5.74) is 6.70. The van der Waals surface area contributed by atoms with E-state index in [1.165, 1.54) is 15.8 Å². The molecule has 1 aromatic heterocycles. The van der Waals surface area contributed by atoms with Crippen LogP contribution in [0, 0.1) is 0 Å². The highest BCUT2D eigenvalue weighted by atomic mass is 32.1. The molecule has 0 spiro atoms. The smallest absolute Gasteiger partial charge is 0.122 e. The molecule has 4 heteroatoms. The van der Waals surface area contributed by atoms with Crippen molar-refractivity contribution in [3.8, 4) is 5.75 Å². The van der Waals surface area contributed by atoms with Gasteiger partial charge in [0.05, 0.1) is 22.3 Å². The van der Waals surface area contributed by atoms with Crippen LogP contribution in [-0.4, -0.2) is 11.6 Å². The molecule has 1 atom stereocenters. The van der Waals surface area contributed by atoms with Crippen LogP contribution >= 0.6 is 11.3 Å². The number of hydrogen-bond donors (Lipinski definition) is 1. The van der Waals surface area contributed by atoms with Gasteiger partial charge >= 0.3 is 0 Å². The quantitative estimate of drug-likeness (QED) is 0.777. The van der Waals surface area contributed by atoms with Crippen LogP contribution < -0.4 is 10.1 Å². The second-order valence-corrected chi connectivity index (χ2v) is 6.25. The molecule has 2 aromatic carbocycles. The SMILES string of the molecule is CC(Nc1ccc2ncsc2c1)c1ccc2c(c1)CCO2. The topological polar surface area (TPSA) is 34.2 Å². The van der Waals surface area contributed by atoms with Gasteiger partial charge in [0.15, 0.2) is 0 Å². The number of benzene rings is 2. The highest BCUT2D eigenvalue weighted by Crippen LogP contribution is 2.30. The minimum atomic E-state index is 0.265. The molecular formula is C17H16N2OS. The third-order valence-corrected chi connectivity index (χ3v) is 4.72. The summed E-state index contributed by atoms with van der Waals surface area (Å²) in [7, 11) is 0. The Hall–Kier alpha value is -2.07. The Balaban J connectivity index is 1.58. The minimum Gasteiger partial charge on any atom is -0.493 e. The largest absolute Gasteiger partial charge is 0.493 e. The van der Waals surface area contributed by atoms with Crippen molar-refractivity contribution in [1.82, 2.24) is 4.98 Å². The maximum Gasteiger partial charge on any atom is 0.122 e. The van der Waals surface area contributed by atoms with Crippen molar-refractivity contribution in [2.75, 3.05) is 11.9 Å². The maximum absolute atomic E-state index is 5.56. The average molecular weight is 296 g/mol. The number of nitrogens with one attached hydrogen (secondary N) is 1. The molecule has 4 rings (SSSR count). The van der Waals surface area contributed by atoms with Crippen LogP contribution in [0.2, 0.25) is 0 Å². The summed E-state index contributed by atoms with van der Waals surface area (Å²) < 4.78 is 6.78. The number of fused-ring (bicyclic) bond motifs is 2. The van der Waals surface area contributed by atoms with Gasteiger partial charge in [0.2, 0.25) is 0 Å². The molecule has 106 valence electrons. The van der Waals surface area contributed by atoms with E-state index < -0.39 is 0 Å². The van der Waals surface area contributed by atoms with Crippen molar-refractivity contribution in [2.24, 2.45) is 0 Å². The lowest BCUT2D eigenvalue weighted by Crippen LogP contribution is -2.06. The van der Waals surface area contributed by atoms with Crippen molar-refractivity contribution in [3.63, 3.8) is 0 Å². The Bertz CT molecular complexity index is 796. The molecule has 1 unspecified atom stereocenters. The number of hydrogen-bond acceptors (Lipinski definition) is 4. The van der Waals surface area contributed by atoms with E-state index in [4.69, 9.17) is 4.74 Å². The van der Waals surface area contributed by atoms with Crippen molar-refractivity contribution < 1.29 is 4.74 Å². The van der Waals surface area contributed by atoms with Gasteiger partial charge in [-0.3, -0.25) is 0 Å². The van der Waals surface area contributed by atoms with E-state index in [0.717, 1.165) is 30.0 Å². The third kappa shape index (κ3) is 2.36. The fraction of sp³-hybridized carbons (Fsp3) is 0.235. The molecule has 0 bridgehead atoms. The van der Waals surface area contributed by atoms with Crippen molar-refractivity contribution in [3.05, 3.63) is 53.0 Å². The number of anilines is 1. The zero-order valence-electron chi connectivity index (χ0n) is 11.8. The van der Waals surface area contributed by atoms with Gasteiger partial charge in [-0.25, -0.2) is 4.98 Å². The highest BCUT2D eigenvalue weighted by Gasteiger charge is 2.14. The first-order valence-electron chi connectivity index (χ1n) is 7.15. The molecule has 3 nitrogen and oxygen atoms in total. The Morgan fingerprint density at radius 3 is 3.14 bits per heavy atom. The average Bonchev–Trinajstić information content (AvgIpc) is 3.14. The number of ether oxygens (including phenoxy) is 1. The van der Waals surface area contributed by atoms with Gasteiger partial charge < -0.3 is 10.1 Å². The number of nitrogens with zero attached hydrogens (tertiary/aromatic N) is 1. The van der Waals surface area contributed by atoms with Crippen LogP contribution in [0.3, 0.4) is 0 Å². The van der Waals surface area contributed by atoms with Gasteiger partial charge in [0.1, 0.15) is 5.75 Å². The highest BCUT2D eigenvalue weighted by molar-refractivity contribution is 7.16. The van der Waals surface area contributed by atoms with Crippen LogP contribution in [-0.2, 0) is 6.42 Å². The standard InChI is InChI=1S/C17H16N2OS/c1-11(12-2-5-16-13(8-12)6-7-20-16)19-14-3-4-15-17(9-14)21-10-18-15/h2-5,8-11,19H,6-7H2,1H3. The summed E-state index contributed by atoms with van der Waals surface area (Å²) in [5.74, 6) is 1.04. The molecule has 3 aromatic rings. The van der Waals surface area contributed by atoms with E-state index in [1.54, 1.807) is 11.3 Å². The fourth-order valence-corrected chi connectivity index (χ4v) is 3.47. The predicted octanol–water partition coefficient (Wildman–Crippen LogP) is 4.40. The van der Waals surface area contributed by atoms with Crippen molar-refractivity contribution in [2.45, 2.75) is 19.4 Å². The van der Waals surface area contributed by atoms with E-state index in [-0.39, 0.29) is 6.04 Å². The Kier molecular flexibility index (Phi) is 3.04. The summed E-state index contributed by atoms with van der Waals surface area (Å²) in [5, 5.41) is 3.57. The predicted molar refractivity (Wildman–Crippen MR) is 87.3 cm³/mol. The number of aromatic nitrogens is 1. The summed E-state index contributed by atoms with van der Waals surface area (Å²) in [4.78, 5) is 4.31. The summed E-state index contributed by atoms with van der Waals surface area (Å²) in [6.07, 6.45) is 1.02. The third-order valence-electron chi connectivity index (χ3n) is 3.93. The Morgan fingerprint density at radius 1 is 1.24 bits per heavy atom. The van der Waals surface area contributed by atoms with Crippen LogP contribution in [0.25, 0.3) is 10.2 Å². The Morgan fingerprint density at radius 2 is 2.19 bits per heavy atom. The molecule has 1 aliphatic rings. The zero-order valence-corrected chi connectivity index (χ0v) is 12.6. The minimum absolute atomic E-state index is 0.265. The van der Waals surface area contributed by atoms with E-state index in [0.29, 0.717) is 0 Å². The van der Waals surface area contributed by atoms with Gasteiger partial charge in [-0.05, 0) is 48.4 Å². The van der Waals surface area contributed by atoms with E-state index >= 15 is 0 Å². The Labute approximate surface area is 127 Å². The van der Waals surface area contributed by atoms with E-state index in [1.807, 2.05) is 5.51 Å². The van der Waals surface area contributed by atoms with Crippen LogP contribution in [0.1, 0.15) is 24.1 Å². The number of thiazole rings is 1. The molecule has 21 heavy (non-hydrogen) atoms. The molecule has 2 heterocycles. The summed E-state index contributed by atoms with van der Waals surface area (Å²) in [6.45, 7) is 3.00. The summed E-state index contributed by atoms with van der Waals surface area (Å²) >= 11 is 1.67. The zero-order chi connectivity index (χ0) is 14.2. The van der Waals surface area contributed by atoms with Gasteiger partial charge in [-0.1, -0.05) is 6.07 Å². The summed E-state index contributed by atoms with van der Waals surface area (Å²) in [6, 6.07) is 13.1. The number of rotatable bonds is 3. The first-order chi connectivity index (χ1) is 10.3. The molecule has 0 saturated heterocycles. The molecule has 0 aliphatic carbocycles. The molecular weight excluding hydrogens is 280 g/mol. The molecule has 0 amide bonds. The van der Waals surface area contributed by atoms with Gasteiger partial charge in [0.25, 0.3) is 0 Å². The van der Waals surface area contributed by atoms with E-state index in [9.17, 15) is 0 Å². The monoisotopic (exact) mass is 296 g/mol. The van der Waals surface area contributed by atoms with Gasteiger partial charge in [-0.2, -0.15) is 0 Å². The van der Waals surface area contributed by atoms with Crippen LogP contribution in [0.4, 0.5) is 5.69 Å². The van der Waals surface area contributed by atoms with Crippen LogP contribution in [0.5, 0.6) is 5.75 Å². The lowest BCUT2D eigenvalue weighted by atomic mass is 10.0. The lowest BCUT2D eigenvalue weighted by molar-refractivity contribution is 0.357.